The van der Waals surface area contributed by atoms with Gasteiger partial charge in [0.15, 0.2) is 4.60 Å². The molecule has 0 aliphatic carbocycles. The SMILES string of the molecule is CCNC(c1c(Br)nnn1C)C1CCOc2ccccc21. The lowest BCUT2D eigenvalue weighted by Gasteiger charge is -2.32. The van der Waals surface area contributed by atoms with E-state index in [-0.39, 0.29) is 6.04 Å². The van der Waals surface area contributed by atoms with E-state index >= 15 is 0 Å². The van der Waals surface area contributed by atoms with E-state index in [4.69, 9.17) is 4.74 Å². The molecule has 2 atom stereocenters. The molecule has 5 nitrogen and oxygen atoms in total. The molecule has 1 aromatic heterocycles. The highest BCUT2D eigenvalue weighted by atomic mass is 79.9. The normalized spacial score (nSPS) is 18.9. The topological polar surface area (TPSA) is 52.0 Å². The standard InChI is InChI=1S/C15H19BrN4O/c1-3-17-13(14-15(16)18-19-20(14)2)11-8-9-21-12-7-5-4-6-10(11)12/h4-7,11,13,17H,3,8-9H2,1-2H3. The number of nitrogens with zero attached hydrogens (tertiary/aromatic N) is 3. The molecule has 0 amide bonds. The number of para-hydroxylation sites is 1. The summed E-state index contributed by atoms with van der Waals surface area (Å²) in [5.41, 5.74) is 2.33. The van der Waals surface area contributed by atoms with Crippen LogP contribution in [0, 0.1) is 0 Å². The Morgan fingerprint density at radius 2 is 2.29 bits per heavy atom. The van der Waals surface area contributed by atoms with E-state index in [1.54, 1.807) is 0 Å². The van der Waals surface area contributed by atoms with Crippen molar-refractivity contribution in [3.63, 3.8) is 0 Å². The quantitative estimate of drug-likeness (QED) is 0.920. The van der Waals surface area contributed by atoms with E-state index in [0.29, 0.717) is 5.92 Å². The molecule has 0 radical (unpaired) electrons. The van der Waals surface area contributed by atoms with Crippen molar-refractivity contribution in [3.8, 4) is 5.75 Å². The average molecular weight is 351 g/mol. The lowest BCUT2D eigenvalue weighted by molar-refractivity contribution is 0.243. The molecular weight excluding hydrogens is 332 g/mol. The molecule has 0 fully saturated rings. The lowest BCUT2D eigenvalue weighted by atomic mass is 9.85. The molecule has 1 aromatic carbocycles. The molecule has 2 unspecified atom stereocenters. The smallest absolute Gasteiger partial charge is 0.153 e. The minimum Gasteiger partial charge on any atom is -0.493 e. The van der Waals surface area contributed by atoms with Gasteiger partial charge in [-0.3, -0.25) is 0 Å². The number of aromatic nitrogens is 3. The summed E-state index contributed by atoms with van der Waals surface area (Å²) in [5.74, 6) is 1.34. The molecule has 0 saturated heterocycles. The van der Waals surface area contributed by atoms with Gasteiger partial charge >= 0.3 is 0 Å². The molecule has 1 aliphatic heterocycles. The Kier molecular flexibility index (Phi) is 4.26. The second-order valence-electron chi connectivity index (χ2n) is 5.21. The van der Waals surface area contributed by atoms with Crippen LogP contribution in [0.4, 0.5) is 0 Å². The van der Waals surface area contributed by atoms with Crippen LogP contribution >= 0.6 is 15.9 Å². The van der Waals surface area contributed by atoms with Gasteiger partial charge in [0.1, 0.15) is 5.75 Å². The summed E-state index contributed by atoms with van der Waals surface area (Å²) in [4.78, 5) is 0. The Labute approximate surface area is 132 Å². The summed E-state index contributed by atoms with van der Waals surface area (Å²) in [7, 11) is 1.93. The Hall–Kier alpha value is -1.40. The summed E-state index contributed by atoms with van der Waals surface area (Å²) >= 11 is 3.53. The predicted octanol–water partition coefficient (Wildman–Crippen LogP) is 2.79. The zero-order valence-electron chi connectivity index (χ0n) is 12.2. The monoisotopic (exact) mass is 350 g/mol. The van der Waals surface area contributed by atoms with Gasteiger partial charge in [0.2, 0.25) is 0 Å². The van der Waals surface area contributed by atoms with Crippen LogP contribution in [0.5, 0.6) is 5.75 Å². The van der Waals surface area contributed by atoms with Crippen LogP contribution in [0.25, 0.3) is 0 Å². The molecule has 3 rings (SSSR count). The van der Waals surface area contributed by atoms with Crippen molar-refractivity contribution in [1.29, 1.82) is 0 Å². The van der Waals surface area contributed by atoms with Crippen LogP contribution < -0.4 is 10.1 Å². The summed E-state index contributed by atoms with van der Waals surface area (Å²) in [5, 5.41) is 11.8. The van der Waals surface area contributed by atoms with Gasteiger partial charge in [0, 0.05) is 13.0 Å². The second-order valence-corrected chi connectivity index (χ2v) is 5.96. The van der Waals surface area contributed by atoms with Crippen molar-refractivity contribution in [3.05, 3.63) is 40.1 Å². The van der Waals surface area contributed by atoms with Gasteiger partial charge in [-0.1, -0.05) is 30.3 Å². The summed E-state index contributed by atoms with van der Waals surface area (Å²) in [6, 6.07) is 8.45. The first kappa shape index (κ1) is 14.5. The second kappa shape index (κ2) is 6.15. The summed E-state index contributed by atoms with van der Waals surface area (Å²) in [6.45, 7) is 3.75. The number of likely N-dealkylation sites (N-methyl/N-ethyl adjacent to an activating group) is 1. The van der Waals surface area contributed by atoms with E-state index in [1.165, 1.54) is 5.56 Å². The fourth-order valence-corrected chi connectivity index (χ4v) is 3.61. The van der Waals surface area contributed by atoms with Crippen LogP contribution in [0.2, 0.25) is 0 Å². The zero-order valence-corrected chi connectivity index (χ0v) is 13.8. The number of fused-ring (bicyclic) bond motifs is 1. The molecule has 2 heterocycles. The van der Waals surface area contributed by atoms with Crippen molar-refractivity contribution in [2.75, 3.05) is 13.2 Å². The van der Waals surface area contributed by atoms with E-state index in [9.17, 15) is 0 Å². The minimum absolute atomic E-state index is 0.162. The van der Waals surface area contributed by atoms with Crippen LogP contribution in [0.15, 0.2) is 28.9 Å². The van der Waals surface area contributed by atoms with E-state index < -0.39 is 0 Å². The highest BCUT2D eigenvalue weighted by molar-refractivity contribution is 9.10. The van der Waals surface area contributed by atoms with Crippen LogP contribution in [0.1, 0.15) is 36.6 Å². The molecule has 21 heavy (non-hydrogen) atoms. The average Bonchev–Trinajstić information content (AvgIpc) is 2.84. The number of hydrogen-bond acceptors (Lipinski definition) is 4. The van der Waals surface area contributed by atoms with Crippen LogP contribution in [-0.4, -0.2) is 28.1 Å². The van der Waals surface area contributed by atoms with Crippen molar-refractivity contribution >= 4 is 15.9 Å². The molecule has 1 N–H and O–H groups in total. The van der Waals surface area contributed by atoms with E-state index in [1.807, 2.05) is 23.9 Å². The molecule has 2 aromatic rings. The van der Waals surface area contributed by atoms with Gasteiger partial charge in [0.05, 0.1) is 18.3 Å². The third-order valence-electron chi connectivity index (χ3n) is 3.95. The first-order valence-corrected chi connectivity index (χ1v) is 8.01. The summed E-state index contributed by atoms with van der Waals surface area (Å²) in [6.07, 6.45) is 0.978. The Bertz CT molecular complexity index is 608. The molecule has 112 valence electrons. The largest absolute Gasteiger partial charge is 0.493 e. The number of nitrogens with one attached hydrogen (secondary N) is 1. The Morgan fingerprint density at radius 3 is 3.00 bits per heavy atom. The molecule has 0 bridgehead atoms. The first-order valence-electron chi connectivity index (χ1n) is 7.22. The highest BCUT2D eigenvalue weighted by Crippen LogP contribution is 2.42. The minimum atomic E-state index is 0.162. The Morgan fingerprint density at radius 1 is 1.48 bits per heavy atom. The van der Waals surface area contributed by atoms with Crippen molar-refractivity contribution in [1.82, 2.24) is 20.3 Å². The summed E-state index contributed by atoms with van der Waals surface area (Å²) < 4.78 is 8.43. The van der Waals surface area contributed by atoms with Gasteiger partial charge in [-0.2, -0.15) is 0 Å². The number of benzene rings is 1. The maximum Gasteiger partial charge on any atom is 0.153 e. The van der Waals surface area contributed by atoms with Gasteiger partial charge in [-0.25, -0.2) is 4.68 Å². The van der Waals surface area contributed by atoms with E-state index in [2.05, 4.69) is 50.6 Å². The van der Waals surface area contributed by atoms with E-state index in [0.717, 1.165) is 35.6 Å². The first-order chi connectivity index (χ1) is 10.2. The van der Waals surface area contributed by atoms with Gasteiger partial charge in [-0.15, -0.1) is 5.10 Å². The maximum absolute atomic E-state index is 5.78. The Balaban J connectivity index is 2.03. The number of rotatable bonds is 4. The maximum atomic E-state index is 5.78. The molecule has 1 aliphatic rings. The third-order valence-corrected chi connectivity index (χ3v) is 4.52. The number of halogens is 1. The van der Waals surface area contributed by atoms with Crippen LogP contribution in [-0.2, 0) is 7.05 Å². The third kappa shape index (κ3) is 2.70. The van der Waals surface area contributed by atoms with Gasteiger partial charge < -0.3 is 10.1 Å². The van der Waals surface area contributed by atoms with Crippen molar-refractivity contribution in [2.24, 2.45) is 7.05 Å². The number of aryl methyl sites for hydroxylation is 1. The lowest BCUT2D eigenvalue weighted by Crippen LogP contribution is -2.32. The molecule has 0 spiro atoms. The number of hydrogen-bond donors (Lipinski definition) is 1. The highest BCUT2D eigenvalue weighted by Gasteiger charge is 2.32. The van der Waals surface area contributed by atoms with Crippen molar-refractivity contribution in [2.45, 2.75) is 25.3 Å². The molecular formula is C15H19BrN4O. The van der Waals surface area contributed by atoms with Gasteiger partial charge in [-0.05, 0) is 40.5 Å². The zero-order chi connectivity index (χ0) is 14.8. The van der Waals surface area contributed by atoms with Crippen molar-refractivity contribution < 1.29 is 4.74 Å². The molecule has 0 saturated carbocycles. The van der Waals surface area contributed by atoms with Gasteiger partial charge in [0.25, 0.3) is 0 Å². The molecule has 6 heteroatoms. The number of ether oxygens (including phenoxy) is 1. The van der Waals surface area contributed by atoms with Crippen LogP contribution in [0.3, 0.4) is 0 Å². The predicted molar refractivity (Wildman–Crippen MR) is 84.4 cm³/mol. The fraction of sp³-hybridized carbons (Fsp3) is 0.467. The fourth-order valence-electron chi connectivity index (χ4n) is 3.03.